The van der Waals surface area contributed by atoms with Crippen LogP contribution in [0.15, 0.2) is 35.5 Å². The second-order valence-electron chi connectivity index (χ2n) is 19.2. The molecule has 0 spiro atoms. The van der Waals surface area contributed by atoms with Crippen molar-refractivity contribution in [1.82, 2.24) is 0 Å². The second-order valence-corrected chi connectivity index (χ2v) is 28.7. The molecule has 0 radical (unpaired) electrons. The minimum Gasteiger partial charge on any atom is -0.414 e. The van der Waals surface area contributed by atoms with Crippen LogP contribution < -0.4 is 0 Å². The summed E-state index contributed by atoms with van der Waals surface area (Å²) in [5.74, 6) is 1.56. The van der Waals surface area contributed by atoms with Gasteiger partial charge in [-0.1, -0.05) is 85.3 Å². The van der Waals surface area contributed by atoms with E-state index in [2.05, 4.69) is 100 Å². The van der Waals surface area contributed by atoms with E-state index in [-0.39, 0.29) is 33.8 Å². The topological polar surface area (TPSA) is 58.9 Å². The molecule has 0 unspecified atom stereocenters. The fourth-order valence-corrected chi connectivity index (χ4v) is 10.9. The van der Waals surface area contributed by atoms with Crippen molar-refractivity contribution in [2.45, 2.75) is 187 Å². The standard InChI is InChI=1S/C39H72O4Si2/c1-27-16-20-32(42-44(12,13)36(3,4)5)25-29(27)18-19-30-24-31(40)26-39(11)33(21-22-34(30)39)28(2)17-23-35(38(9,10)41)43-45(14,15)37(6,7)8/h18-19,28,31-35,40-41H,1,16-17,20-26H2,2-15H3/b29-18-,30-19+/t28-,31+,32+,33-,34+,35-,39-/m1/s1. The third-order valence-corrected chi connectivity index (χ3v) is 22.1. The van der Waals surface area contributed by atoms with Crippen molar-refractivity contribution in [3.63, 3.8) is 0 Å². The Hall–Kier alpha value is -0.506. The van der Waals surface area contributed by atoms with Crippen LogP contribution >= 0.6 is 0 Å². The molecular formula is C39H72O4Si2. The van der Waals surface area contributed by atoms with Gasteiger partial charge in [0.05, 0.1) is 17.8 Å². The fraction of sp³-hybridized carbons (Fsp3) is 0.846. The average Bonchev–Trinajstić information content (AvgIpc) is 3.20. The lowest BCUT2D eigenvalue weighted by molar-refractivity contribution is -0.0491. The van der Waals surface area contributed by atoms with Crippen LogP contribution in [0, 0.1) is 23.2 Å². The van der Waals surface area contributed by atoms with Crippen LogP contribution in [0.2, 0.25) is 36.3 Å². The third-order valence-electron chi connectivity index (χ3n) is 13.0. The zero-order valence-electron chi connectivity index (χ0n) is 31.9. The second kappa shape index (κ2) is 13.8. The van der Waals surface area contributed by atoms with Gasteiger partial charge in [-0.25, -0.2) is 0 Å². The predicted octanol–water partition coefficient (Wildman–Crippen LogP) is 10.7. The van der Waals surface area contributed by atoms with Crippen molar-refractivity contribution < 1.29 is 19.1 Å². The number of fused-ring (bicyclic) bond motifs is 1. The van der Waals surface area contributed by atoms with Crippen molar-refractivity contribution in [3.8, 4) is 0 Å². The van der Waals surface area contributed by atoms with Crippen molar-refractivity contribution >= 4 is 16.6 Å². The summed E-state index contributed by atoms with van der Waals surface area (Å²) in [5.41, 5.74) is 3.22. The molecule has 2 N–H and O–H groups in total. The van der Waals surface area contributed by atoms with E-state index in [0.717, 1.165) is 44.9 Å². The van der Waals surface area contributed by atoms with Crippen molar-refractivity contribution in [2.24, 2.45) is 23.2 Å². The molecule has 3 aliphatic carbocycles. The predicted molar refractivity (Wildman–Crippen MR) is 198 cm³/mol. The van der Waals surface area contributed by atoms with Crippen LogP contribution in [0.4, 0.5) is 0 Å². The number of hydrogen-bond donors (Lipinski definition) is 2. The third kappa shape index (κ3) is 9.14. The molecule has 260 valence electrons. The molecule has 4 nitrogen and oxygen atoms in total. The molecule has 0 aromatic heterocycles. The zero-order valence-corrected chi connectivity index (χ0v) is 33.9. The van der Waals surface area contributed by atoms with E-state index in [1.165, 1.54) is 29.6 Å². The first-order valence-electron chi connectivity index (χ1n) is 18.1. The van der Waals surface area contributed by atoms with Gasteiger partial charge < -0.3 is 19.1 Å². The number of hydrogen-bond acceptors (Lipinski definition) is 4. The summed E-state index contributed by atoms with van der Waals surface area (Å²) in [6.07, 6.45) is 13.5. The van der Waals surface area contributed by atoms with Gasteiger partial charge in [0.25, 0.3) is 0 Å². The van der Waals surface area contributed by atoms with Gasteiger partial charge >= 0.3 is 0 Å². The minimum absolute atomic E-state index is 0.0868. The summed E-state index contributed by atoms with van der Waals surface area (Å²) in [6, 6.07) is 0. The Morgan fingerprint density at radius 1 is 0.911 bits per heavy atom. The lowest BCUT2D eigenvalue weighted by Crippen LogP contribution is -2.50. The van der Waals surface area contributed by atoms with Crippen molar-refractivity contribution in [3.05, 3.63) is 35.5 Å². The van der Waals surface area contributed by atoms with E-state index < -0.39 is 22.2 Å². The van der Waals surface area contributed by atoms with Crippen molar-refractivity contribution in [2.75, 3.05) is 0 Å². The van der Waals surface area contributed by atoms with Gasteiger partial charge in [0, 0.05) is 6.10 Å². The van der Waals surface area contributed by atoms with E-state index in [4.69, 9.17) is 8.85 Å². The van der Waals surface area contributed by atoms with Gasteiger partial charge in [-0.05, 0) is 137 Å². The number of allylic oxidation sites excluding steroid dienone is 3. The molecule has 0 aromatic carbocycles. The Morgan fingerprint density at radius 3 is 2.07 bits per heavy atom. The molecule has 0 amide bonds. The first-order valence-corrected chi connectivity index (χ1v) is 23.9. The van der Waals surface area contributed by atoms with E-state index in [0.29, 0.717) is 17.8 Å². The quantitative estimate of drug-likeness (QED) is 0.229. The Labute approximate surface area is 280 Å². The smallest absolute Gasteiger partial charge is 0.192 e. The summed E-state index contributed by atoms with van der Waals surface area (Å²) < 4.78 is 13.6. The highest BCUT2D eigenvalue weighted by Gasteiger charge is 2.53. The molecule has 3 rings (SSSR count). The lowest BCUT2D eigenvalue weighted by atomic mass is 9.60. The minimum atomic E-state index is -2.01. The highest BCUT2D eigenvalue weighted by Crippen LogP contribution is 2.60. The van der Waals surface area contributed by atoms with Gasteiger partial charge in [0.1, 0.15) is 0 Å². The van der Waals surface area contributed by atoms with E-state index in [1.54, 1.807) is 0 Å². The van der Waals surface area contributed by atoms with Crippen LogP contribution in [-0.2, 0) is 8.85 Å². The Bertz CT molecular complexity index is 1100. The summed E-state index contributed by atoms with van der Waals surface area (Å²) in [4.78, 5) is 0. The van der Waals surface area contributed by atoms with Gasteiger partial charge in [0.15, 0.2) is 16.6 Å². The summed E-state index contributed by atoms with van der Waals surface area (Å²) in [7, 11) is -3.84. The normalized spacial score (nSPS) is 32.2. The number of rotatable bonds is 10. The molecule has 0 bridgehead atoms. The highest BCUT2D eigenvalue weighted by molar-refractivity contribution is 6.74. The number of aliphatic hydroxyl groups is 2. The molecule has 45 heavy (non-hydrogen) atoms. The molecule has 0 aliphatic heterocycles. The van der Waals surface area contributed by atoms with Crippen LogP contribution in [0.5, 0.6) is 0 Å². The molecule has 0 aromatic rings. The summed E-state index contributed by atoms with van der Waals surface area (Å²) >= 11 is 0. The highest BCUT2D eigenvalue weighted by atomic mass is 28.4. The Balaban J connectivity index is 1.76. The monoisotopic (exact) mass is 660 g/mol. The maximum absolute atomic E-state index is 11.2. The van der Waals surface area contributed by atoms with Crippen molar-refractivity contribution in [1.29, 1.82) is 0 Å². The molecule has 6 heteroatoms. The van der Waals surface area contributed by atoms with Crippen LogP contribution in [0.3, 0.4) is 0 Å². The number of aliphatic hydroxyl groups excluding tert-OH is 1. The van der Waals surface area contributed by atoms with Gasteiger partial charge in [-0.3, -0.25) is 0 Å². The van der Waals surface area contributed by atoms with Gasteiger partial charge in [-0.15, -0.1) is 0 Å². The average molecular weight is 661 g/mol. The van der Waals surface area contributed by atoms with E-state index >= 15 is 0 Å². The van der Waals surface area contributed by atoms with E-state index in [1.807, 2.05) is 13.8 Å². The molecule has 3 aliphatic rings. The van der Waals surface area contributed by atoms with Crippen LogP contribution in [0.25, 0.3) is 0 Å². The van der Waals surface area contributed by atoms with Crippen LogP contribution in [0.1, 0.15) is 127 Å². The zero-order chi connectivity index (χ0) is 34.4. The maximum Gasteiger partial charge on any atom is 0.192 e. The Kier molecular flexibility index (Phi) is 11.9. The largest absolute Gasteiger partial charge is 0.414 e. The fourth-order valence-electron chi connectivity index (χ4n) is 8.06. The van der Waals surface area contributed by atoms with Crippen LogP contribution in [-0.4, -0.2) is 50.8 Å². The Morgan fingerprint density at radius 2 is 1.51 bits per heavy atom. The summed E-state index contributed by atoms with van der Waals surface area (Å²) in [6.45, 7) is 36.2. The maximum atomic E-state index is 11.2. The first kappa shape index (κ1) is 38.9. The molecule has 3 saturated carbocycles. The first-order chi connectivity index (χ1) is 20.3. The lowest BCUT2D eigenvalue weighted by Gasteiger charge is -2.47. The molecule has 7 atom stereocenters. The summed E-state index contributed by atoms with van der Waals surface area (Å²) in [5, 5.41) is 22.6. The van der Waals surface area contributed by atoms with Gasteiger partial charge in [0.2, 0.25) is 0 Å². The molecule has 0 heterocycles. The molecule has 0 saturated heterocycles. The van der Waals surface area contributed by atoms with E-state index in [9.17, 15) is 10.2 Å². The molecular weight excluding hydrogens is 589 g/mol. The SMILES string of the molecule is C=C1CC[C@H](O[Si](C)(C)C(C)(C)C)C/C1=C/C=C1\C[C@H](O)C[C@]2(C)[C@@H]([C@H](C)CC[C@@H](O[Si](C)(C)C(C)(C)C)C(C)(C)O)CC[C@@H]12. The molecule has 3 fully saturated rings. The van der Waals surface area contributed by atoms with Gasteiger partial charge in [-0.2, -0.15) is 0 Å².